The Balaban J connectivity index is 3.04. The largest absolute Gasteiger partial charge is 0.461 e. The third kappa shape index (κ3) is 2.56. The van der Waals surface area contributed by atoms with E-state index in [-0.39, 0.29) is 18.1 Å². The molecule has 0 saturated heterocycles. The van der Waals surface area contributed by atoms with Crippen LogP contribution in [0.25, 0.3) is 0 Å². The maximum absolute atomic E-state index is 11.5. The highest BCUT2D eigenvalue weighted by atomic mass is 16.6. The third-order valence-corrected chi connectivity index (χ3v) is 1.87. The molecule has 88 valence electrons. The van der Waals surface area contributed by atoms with E-state index in [0.717, 1.165) is 12.5 Å². The Morgan fingerprint density at radius 2 is 2.31 bits per heavy atom. The lowest BCUT2D eigenvalue weighted by molar-refractivity contribution is -0.389. The fourth-order valence-electron chi connectivity index (χ4n) is 1.24. The van der Waals surface area contributed by atoms with Crippen LogP contribution in [0.4, 0.5) is 5.82 Å². The quantitative estimate of drug-likeness (QED) is 0.430. The van der Waals surface area contributed by atoms with Gasteiger partial charge in [0, 0.05) is 0 Å². The summed E-state index contributed by atoms with van der Waals surface area (Å²) < 4.78 is 6.09. The molecule has 0 fully saturated rings. The van der Waals surface area contributed by atoms with Crippen molar-refractivity contribution >= 4 is 11.8 Å². The number of nitro groups is 1. The van der Waals surface area contributed by atoms with Crippen molar-refractivity contribution in [1.29, 1.82) is 0 Å². The van der Waals surface area contributed by atoms with E-state index < -0.39 is 10.9 Å². The monoisotopic (exact) mass is 227 g/mol. The first-order valence-corrected chi connectivity index (χ1v) is 4.99. The highest BCUT2D eigenvalue weighted by Gasteiger charge is 2.23. The Kier molecular flexibility index (Phi) is 3.98. The van der Waals surface area contributed by atoms with Crippen molar-refractivity contribution in [1.82, 2.24) is 9.78 Å². The molecule has 0 radical (unpaired) electrons. The smallest absolute Gasteiger partial charge is 0.390 e. The zero-order valence-corrected chi connectivity index (χ0v) is 9.17. The maximum atomic E-state index is 11.5. The second kappa shape index (κ2) is 5.24. The predicted molar refractivity (Wildman–Crippen MR) is 55.1 cm³/mol. The number of ether oxygens (including phenoxy) is 1. The Morgan fingerprint density at radius 1 is 1.62 bits per heavy atom. The third-order valence-electron chi connectivity index (χ3n) is 1.87. The lowest BCUT2D eigenvalue weighted by atomic mass is 10.4. The van der Waals surface area contributed by atoms with Gasteiger partial charge in [-0.2, -0.15) is 4.68 Å². The first-order chi connectivity index (χ1) is 7.60. The molecule has 0 aliphatic carbocycles. The van der Waals surface area contributed by atoms with Gasteiger partial charge in [0.25, 0.3) is 0 Å². The molecule has 16 heavy (non-hydrogen) atoms. The second-order valence-corrected chi connectivity index (χ2v) is 3.09. The fourth-order valence-corrected chi connectivity index (χ4v) is 1.24. The van der Waals surface area contributed by atoms with Gasteiger partial charge in [-0.05, 0) is 18.3 Å². The van der Waals surface area contributed by atoms with Crippen molar-refractivity contribution in [2.75, 3.05) is 6.61 Å². The summed E-state index contributed by atoms with van der Waals surface area (Å²) in [5.74, 6) is -0.923. The Morgan fingerprint density at radius 3 is 2.81 bits per heavy atom. The van der Waals surface area contributed by atoms with Gasteiger partial charge in [-0.15, -0.1) is 0 Å². The molecule has 0 saturated carbocycles. The minimum atomic E-state index is -0.630. The average molecular weight is 227 g/mol. The summed E-state index contributed by atoms with van der Waals surface area (Å²) in [5.41, 5.74) is 0.121. The molecule has 0 atom stereocenters. The van der Waals surface area contributed by atoms with Crippen LogP contribution in [-0.4, -0.2) is 27.3 Å². The Bertz CT molecular complexity index is 399. The van der Waals surface area contributed by atoms with Gasteiger partial charge >= 0.3 is 11.8 Å². The fraction of sp³-hybridized carbons (Fsp3) is 0.556. The van der Waals surface area contributed by atoms with Gasteiger partial charge in [-0.25, -0.2) is 4.79 Å². The summed E-state index contributed by atoms with van der Waals surface area (Å²) in [5, 5.41) is 14.2. The summed E-state index contributed by atoms with van der Waals surface area (Å²) in [6.45, 7) is 4.24. The molecular formula is C9H13N3O4. The molecule has 1 rings (SSSR count). The number of esters is 1. The van der Waals surface area contributed by atoms with Gasteiger partial charge in [-0.1, -0.05) is 6.92 Å². The van der Waals surface area contributed by atoms with Gasteiger partial charge in [0.2, 0.25) is 0 Å². The van der Waals surface area contributed by atoms with Gasteiger partial charge in [-0.3, -0.25) is 0 Å². The van der Waals surface area contributed by atoms with Crippen LogP contribution in [0.5, 0.6) is 0 Å². The zero-order chi connectivity index (χ0) is 12.1. The number of hydrogen-bond donors (Lipinski definition) is 0. The van der Waals surface area contributed by atoms with Gasteiger partial charge < -0.3 is 14.9 Å². The lowest BCUT2D eigenvalue weighted by Gasteiger charge is -2.00. The molecular weight excluding hydrogens is 214 g/mol. The van der Waals surface area contributed by atoms with E-state index >= 15 is 0 Å². The minimum absolute atomic E-state index is 0.121. The normalized spacial score (nSPS) is 10.1. The SMILES string of the molecule is CCCn1nc([N+](=O)[O-])cc1C(=O)OCC. The first kappa shape index (κ1) is 12.2. The van der Waals surface area contributed by atoms with E-state index in [2.05, 4.69) is 5.10 Å². The molecule has 1 aromatic rings. The summed E-state index contributed by atoms with van der Waals surface area (Å²) in [6, 6.07) is 1.13. The number of hydrogen-bond acceptors (Lipinski definition) is 5. The van der Waals surface area contributed by atoms with Crippen molar-refractivity contribution in [2.45, 2.75) is 26.8 Å². The Hall–Kier alpha value is -1.92. The summed E-state index contributed by atoms with van der Waals surface area (Å²) in [4.78, 5) is 21.4. The second-order valence-electron chi connectivity index (χ2n) is 3.09. The van der Waals surface area contributed by atoms with Crippen LogP contribution in [0.3, 0.4) is 0 Å². The van der Waals surface area contributed by atoms with E-state index in [9.17, 15) is 14.9 Å². The number of carbonyl (C=O) groups excluding carboxylic acids is 1. The molecule has 1 heterocycles. The average Bonchev–Trinajstić information content (AvgIpc) is 2.63. The molecule has 0 amide bonds. The number of nitrogens with zero attached hydrogens (tertiary/aromatic N) is 3. The molecule has 1 aromatic heterocycles. The predicted octanol–water partition coefficient (Wildman–Crippen LogP) is 1.38. The molecule has 0 aliphatic rings. The molecule has 0 N–H and O–H groups in total. The summed E-state index contributed by atoms with van der Waals surface area (Å²) in [6.07, 6.45) is 0.727. The summed E-state index contributed by atoms with van der Waals surface area (Å²) in [7, 11) is 0. The van der Waals surface area contributed by atoms with E-state index in [1.54, 1.807) is 6.92 Å². The highest BCUT2D eigenvalue weighted by molar-refractivity contribution is 5.88. The van der Waals surface area contributed by atoms with E-state index in [4.69, 9.17) is 4.74 Å². The molecule has 0 bridgehead atoms. The highest BCUT2D eigenvalue weighted by Crippen LogP contribution is 2.13. The molecule has 0 aromatic carbocycles. The first-order valence-electron chi connectivity index (χ1n) is 4.99. The minimum Gasteiger partial charge on any atom is -0.461 e. The molecule has 0 unspecified atom stereocenters. The van der Waals surface area contributed by atoms with Crippen LogP contribution in [0.1, 0.15) is 30.8 Å². The number of aryl methyl sites for hydroxylation is 1. The standard InChI is InChI=1S/C9H13N3O4/c1-3-5-11-7(9(13)16-4-2)6-8(10-11)12(14)15/h6H,3-5H2,1-2H3. The molecule has 0 aliphatic heterocycles. The van der Waals surface area contributed by atoms with Crippen molar-refractivity contribution in [3.63, 3.8) is 0 Å². The Labute approximate surface area is 92.2 Å². The van der Waals surface area contributed by atoms with Gasteiger partial charge in [0.15, 0.2) is 5.69 Å². The number of carbonyl (C=O) groups is 1. The topological polar surface area (TPSA) is 87.3 Å². The summed E-state index contributed by atoms with van der Waals surface area (Å²) >= 11 is 0. The van der Waals surface area contributed by atoms with Crippen LogP contribution in [0.2, 0.25) is 0 Å². The van der Waals surface area contributed by atoms with Gasteiger partial charge in [0.1, 0.15) is 0 Å². The van der Waals surface area contributed by atoms with Crippen molar-refractivity contribution in [3.05, 3.63) is 21.9 Å². The zero-order valence-electron chi connectivity index (χ0n) is 9.17. The maximum Gasteiger partial charge on any atom is 0.390 e. The van der Waals surface area contributed by atoms with Crippen LogP contribution in [0, 0.1) is 10.1 Å². The molecule has 7 heteroatoms. The van der Waals surface area contributed by atoms with Crippen molar-refractivity contribution in [3.8, 4) is 0 Å². The van der Waals surface area contributed by atoms with E-state index in [1.807, 2.05) is 6.92 Å². The molecule has 0 spiro atoms. The number of rotatable bonds is 5. The van der Waals surface area contributed by atoms with Crippen LogP contribution >= 0.6 is 0 Å². The van der Waals surface area contributed by atoms with E-state index in [0.29, 0.717) is 6.54 Å². The van der Waals surface area contributed by atoms with Crippen molar-refractivity contribution in [2.24, 2.45) is 0 Å². The lowest BCUT2D eigenvalue weighted by Crippen LogP contribution is -2.13. The van der Waals surface area contributed by atoms with Crippen LogP contribution in [0.15, 0.2) is 6.07 Å². The van der Waals surface area contributed by atoms with Crippen LogP contribution < -0.4 is 0 Å². The van der Waals surface area contributed by atoms with E-state index in [1.165, 1.54) is 4.68 Å². The number of aromatic nitrogens is 2. The van der Waals surface area contributed by atoms with Crippen molar-refractivity contribution < 1.29 is 14.5 Å². The van der Waals surface area contributed by atoms with Gasteiger partial charge in [0.05, 0.1) is 24.3 Å². The molecule has 7 nitrogen and oxygen atoms in total. The van der Waals surface area contributed by atoms with Crippen LogP contribution in [-0.2, 0) is 11.3 Å².